The van der Waals surface area contributed by atoms with Gasteiger partial charge < -0.3 is 19.1 Å². The Morgan fingerprint density at radius 3 is 2.63 bits per heavy atom. The van der Waals surface area contributed by atoms with Crippen molar-refractivity contribution < 1.29 is 28.0 Å². The second-order valence-corrected chi connectivity index (χ2v) is 15.8. The summed E-state index contributed by atoms with van der Waals surface area (Å²) in [6, 6.07) is 19.5. The van der Waals surface area contributed by atoms with Gasteiger partial charge in [0.1, 0.15) is 18.0 Å². The van der Waals surface area contributed by atoms with Gasteiger partial charge in [-0.2, -0.15) is 0 Å². The lowest BCUT2D eigenvalue weighted by atomic mass is 9.70. The van der Waals surface area contributed by atoms with E-state index in [0.29, 0.717) is 34.8 Å². The third-order valence-electron chi connectivity index (χ3n) is 9.75. The van der Waals surface area contributed by atoms with Crippen LogP contribution in [0.15, 0.2) is 88.1 Å². The molecule has 6 rings (SSSR count). The summed E-state index contributed by atoms with van der Waals surface area (Å²) in [5.74, 6) is -0.122. The molecule has 2 bridgehead atoms. The Labute approximate surface area is 294 Å². The molecule has 2 aliphatic heterocycles. The summed E-state index contributed by atoms with van der Waals surface area (Å²) in [5, 5.41) is 0.696. The number of methoxy groups -OCH3 is 1. The quantitative estimate of drug-likeness (QED) is 0.288. The van der Waals surface area contributed by atoms with E-state index < -0.39 is 27.3 Å². The number of aryl methyl sites for hydroxylation is 1. The number of hydrogen-bond acceptors (Lipinski definition) is 7. The van der Waals surface area contributed by atoms with Crippen LogP contribution in [0, 0.1) is 11.8 Å². The topological polar surface area (TPSA) is 107 Å². The second kappa shape index (κ2) is 15.0. The highest BCUT2D eigenvalue weighted by molar-refractivity contribution is 7.92. The van der Waals surface area contributed by atoms with E-state index in [9.17, 15) is 13.8 Å². The number of halogens is 1. The van der Waals surface area contributed by atoms with Crippen LogP contribution >= 0.6 is 11.6 Å². The zero-order valence-electron chi connectivity index (χ0n) is 28.2. The summed E-state index contributed by atoms with van der Waals surface area (Å²) in [4.78, 5) is 29.7. The number of nitrogens with zero attached hydrogens (tertiary/aromatic N) is 2. The summed E-state index contributed by atoms with van der Waals surface area (Å²) in [6.07, 6.45) is 8.56. The average molecular weight is 706 g/mol. The van der Waals surface area contributed by atoms with E-state index in [-0.39, 0.29) is 17.6 Å². The van der Waals surface area contributed by atoms with Gasteiger partial charge in [0, 0.05) is 30.8 Å². The van der Waals surface area contributed by atoms with Gasteiger partial charge in [-0.15, -0.1) is 4.36 Å². The second-order valence-electron chi connectivity index (χ2n) is 13.4. The van der Waals surface area contributed by atoms with Gasteiger partial charge >= 0.3 is 0 Å². The molecule has 0 saturated heterocycles. The maximum atomic E-state index is 15.0. The van der Waals surface area contributed by atoms with Crippen molar-refractivity contribution in [2.24, 2.45) is 16.2 Å². The normalized spacial score (nSPS) is 26.3. The fraction of sp³-hybridized carbons (Fsp3) is 0.421. The Bertz CT molecular complexity index is 1840. The van der Waals surface area contributed by atoms with Crippen LogP contribution in [0.4, 0.5) is 5.69 Å². The molecule has 1 unspecified atom stereocenters. The molecule has 4 atom stereocenters. The summed E-state index contributed by atoms with van der Waals surface area (Å²) >= 11 is 6.37. The third kappa shape index (κ3) is 8.04. The van der Waals surface area contributed by atoms with Gasteiger partial charge in [-0.05, 0) is 111 Å². The molecule has 1 saturated carbocycles. The number of hydrogen-bond donors (Lipinski definition) is 1. The maximum absolute atomic E-state index is 15.0. The van der Waals surface area contributed by atoms with Crippen LogP contribution < -0.4 is 14.4 Å². The summed E-state index contributed by atoms with van der Waals surface area (Å²) in [6.45, 7) is 5.08. The van der Waals surface area contributed by atoms with E-state index in [1.54, 1.807) is 69.5 Å². The Kier molecular flexibility index (Phi) is 10.8. The van der Waals surface area contributed by atoms with Crippen LogP contribution in [-0.4, -0.2) is 54.5 Å². The van der Waals surface area contributed by atoms with Crippen molar-refractivity contribution in [3.8, 4) is 5.75 Å². The maximum Gasteiger partial charge on any atom is 0.287 e. The number of amides is 2. The van der Waals surface area contributed by atoms with Crippen molar-refractivity contribution >= 4 is 39.0 Å². The molecular weight excluding hydrogens is 662 g/mol. The number of anilines is 1. The summed E-state index contributed by atoms with van der Waals surface area (Å²) in [5.41, 5.74) is 1.82. The van der Waals surface area contributed by atoms with E-state index in [1.807, 2.05) is 30.4 Å². The minimum Gasteiger partial charge on any atom is -0.487 e. The van der Waals surface area contributed by atoms with Crippen molar-refractivity contribution in [3.63, 3.8) is 0 Å². The molecule has 2 amide bonds. The number of fused-ring (bicyclic) bond motifs is 3. The number of benzene rings is 3. The van der Waals surface area contributed by atoms with Crippen molar-refractivity contribution in [2.45, 2.75) is 69.2 Å². The minimum atomic E-state index is -3.85. The average Bonchev–Trinajstić information content (AvgIpc) is 3.11. The van der Waals surface area contributed by atoms with Gasteiger partial charge in [-0.1, -0.05) is 48.0 Å². The van der Waals surface area contributed by atoms with Crippen LogP contribution in [0.1, 0.15) is 61.0 Å². The highest BCUT2D eigenvalue weighted by Crippen LogP contribution is 2.42. The zero-order chi connectivity index (χ0) is 34.6. The van der Waals surface area contributed by atoms with E-state index >= 15 is 0 Å². The fourth-order valence-electron chi connectivity index (χ4n) is 6.67. The van der Waals surface area contributed by atoms with Crippen molar-refractivity contribution in [2.75, 3.05) is 31.7 Å². The Morgan fingerprint density at radius 1 is 1.06 bits per heavy atom. The molecule has 49 heavy (non-hydrogen) atoms. The third-order valence-corrected chi connectivity index (χ3v) is 11.8. The number of carbonyl (C=O) groups is 2. The molecule has 0 radical (unpaired) electrons. The van der Waals surface area contributed by atoms with E-state index in [4.69, 9.17) is 25.8 Å². The van der Waals surface area contributed by atoms with Crippen molar-refractivity contribution in [3.05, 3.63) is 101 Å². The highest BCUT2D eigenvalue weighted by Gasteiger charge is 2.38. The molecule has 2 heterocycles. The van der Waals surface area contributed by atoms with Crippen LogP contribution in [0.3, 0.4) is 0 Å². The predicted octanol–water partition coefficient (Wildman–Crippen LogP) is 7.17. The standard InChI is InChI=1S/C38H44ClN3O6S/c1-38(2)37(44)41-49(45,40-36(43)26-10-5-4-6-11-26)31-17-19-35-33(23-31)42(24-28-15-18-32(28)34(46-3)13-9-21-48-38)20-8-7-12-27-22-30(39)16-14-29(27)25-47-35/h4-6,9-11,13-14,16-17,19,22-23,28,32,34H,7-8,12,15,18,20-21,24-25H2,1-3H3,(H,40,41,43,44,45)/b13-9+/t28-,32+,34-,49?/m0/s1. The molecule has 3 aromatic rings. The van der Waals surface area contributed by atoms with Gasteiger partial charge in [0.25, 0.3) is 11.8 Å². The first kappa shape index (κ1) is 35.1. The molecular formula is C38H44ClN3O6S. The van der Waals surface area contributed by atoms with Crippen LogP contribution in [0.5, 0.6) is 5.75 Å². The Hall–Kier alpha value is -3.70. The van der Waals surface area contributed by atoms with Gasteiger partial charge in [-0.25, -0.2) is 4.21 Å². The summed E-state index contributed by atoms with van der Waals surface area (Å²) in [7, 11) is -2.12. The number of rotatable bonds is 3. The molecule has 1 aliphatic carbocycles. The van der Waals surface area contributed by atoms with Crippen molar-refractivity contribution in [1.29, 1.82) is 0 Å². The number of nitrogens with one attached hydrogen (secondary N) is 1. The molecule has 9 nitrogen and oxygen atoms in total. The smallest absolute Gasteiger partial charge is 0.287 e. The Morgan fingerprint density at radius 2 is 1.88 bits per heavy atom. The lowest BCUT2D eigenvalue weighted by molar-refractivity contribution is -0.137. The minimum absolute atomic E-state index is 0.101. The first-order valence-corrected chi connectivity index (χ1v) is 18.8. The fourth-order valence-corrected chi connectivity index (χ4v) is 8.48. The Balaban J connectivity index is 1.49. The van der Waals surface area contributed by atoms with Gasteiger partial charge in [0.15, 0.2) is 9.92 Å². The molecule has 260 valence electrons. The zero-order valence-corrected chi connectivity index (χ0v) is 29.8. The predicted molar refractivity (Wildman–Crippen MR) is 191 cm³/mol. The van der Waals surface area contributed by atoms with Gasteiger partial charge in [0.2, 0.25) is 0 Å². The molecule has 0 spiro atoms. The van der Waals surface area contributed by atoms with Crippen LogP contribution in [0.2, 0.25) is 5.02 Å². The molecule has 3 aromatic carbocycles. The first-order valence-electron chi connectivity index (χ1n) is 16.9. The molecule has 1 fully saturated rings. The first-order chi connectivity index (χ1) is 23.6. The summed E-state index contributed by atoms with van der Waals surface area (Å²) < 4.78 is 40.3. The van der Waals surface area contributed by atoms with Gasteiger partial charge in [0.05, 0.1) is 23.3 Å². The van der Waals surface area contributed by atoms with E-state index in [1.165, 1.54) is 0 Å². The lowest BCUT2D eigenvalue weighted by Gasteiger charge is -2.43. The number of carbonyl (C=O) groups excluding carboxylic acids is 2. The molecule has 11 heteroatoms. The monoisotopic (exact) mass is 705 g/mol. The van der Waals surface area contributed by atoms with E-state index in [2.05, 4.69) is 14.0 Å². The lowest BCUT2D eigenvalue weighted by Crippen LogP contribution is -2.44. The van der Waals surface area contributed by atoms with E-state index in [0.717, 1.165) is 62.0 Å². The number of ether oxygens (including phenoxy) is 3. The van der Waals surface area contributed by atoms with Gasteiger partial charge in [-0.3, -0.25) is 14.3 Å². The SMILES string of the molecule is CO[C@H]1/C=C/COC(C)(C)C(=O)N=S(=O)(NC(=O)c2ccccc2)c2ccc3c(c2)N(CCCCc2cc(Cl)ccc2CO3)C[C@@H]2CC[C@H]21. The molecule has 0 aromatic heterocycles. The van der Waals surface area contributed by atoms with Crippen LogP contribution in [0.25, 0.3) is 0 Å². The molecule has 3 aliphatic rings. The molecule has 1 N–H and O–H groups in total. The van der Waals surface area contributed by atoms with Crippen LogP contribution in [-0.2, 0) is 37.2 Å². The largest absolute Gasteiger partial charge is 0.487 e. The van der Waals surface area contributed by atoms with Crippen molar-refractivity contribution in [1.82, 2.24) is 4.72 Å². The highest BCUT2D eigenvalue weighted by atomic mass is 35.5.